The molecule has 1 aliphatic carbocycles. The molecular formula is C19H21ClN2O. The first-order valence-electron chi connectivity index (χ1n) is 8.04. The van der Waals surface area contributed by atoms with E-state index >= 15 is 0 Å². The Bertz CT molecular complexity index is 723. The Morgan fingerprint density at radius 3 is 2.57 bits per heavy atom. The minimum absolute atomic E-state index is 0. The highest BCUT2D eigenvalue weighted by molar-refractivity contribution is 5.93. The normalized spacial score (nSPS) is 16.2. The number of hydrogen-bond acceptors (Lipinski definition) is 2. The number of hydrogen-bond donors (Lipinski definition) is 2. The molecule has 0 spiro atoms. The van der Waals surface area contributed by atoms with Crippen LogP contribution in [0, 0.1) is 5.92 Å². The Morgan fingerprint density at radius 1 is 1.00 bits per heavy atom. The molecule has 0 saturated carbocycles. The van der Waals surface area contributed by atoms with Crippen LogP contribution in [-0.2, 0) is 11.2 Å². The molecule has 0 atom stereocenters. The predicted molar refractivity (Wildman–Crippen MR) is 96.2 cm³/mol. The van der Waals surface area contributed by atoms with Crippen molar-refractivity contribution in [2.45, 2.75) is 19.3 Å². The number of rotatable bonds is 2. The maximum Gasteiger partial charge on any atom is 0.227 e. The van der Waals surface area contributed by atoms with Gasteiger partial charge in [0.25, 0.3) is 0 Å². The molecule has 1 aliphatic heterocycles. The summed E-state index contributed by atoms with van der Waals surface area (Å²) in [5.41, 5.74) is 6.24. The molecule has 2 aromatic carbocycles. The zero-order valence-corrected chi connectivity index (χ0v) is 13.8. The second-order valence-electron chi connectivity index (χ2n) is 6.22. The first kappa shape index (κ1) is 16.0. The van der Waals surface area contributed by atoms with Crippen LogP contribution in [0.4, 0.5) is 5.69 Å². The number of piperidine rings is 1. The van der Waals surface area contributed by atoms with Gasteiger partial charge in [-0.25, -0.2) is 0 Å². The number of amides is 1. The van der Waals surface area contributed by atoms with Crippen LogP contribution in [-0.4, -0.2) is 19.0 Å². The van der Waals surface area contributed by atoms with Gasteiger partial charge in [0.15, 0.2) is 0 Å². The topological polar surface area (TPSA) is 41.1 Å². The van der Waals surface area contributed by atoms with Gasteiger partial charge in [-0.3, -0.25) is 4.79 Å². The van der Waals surface area contributed by atoms with Gasteiger partial charge in [-0.05, 0) is 66.7 Å². The average Bonchev–Trinajstić information content (AvgIpc) is 2.93. The first-order chi connectivity index (χ1) is 10.8. The highest BCUT2D eigenvalue weighted by Crippen LogP contribution is 2.37. The SMILES string of the molecule is Cl.O=C(Nc1ccc2c(c1)Cc1ccccc1-2)C1CCNCC1. The maximum absolute atomic E-state index is 12.3. The fourth-order valence-electron chi connectivity index (χ4n) is 3.55. The summed E-state index contributed by atoms with van der Waals surface area (Å²) in [7, 11) is 0. The molecule has 120 valence electrons. The summed E-state index contributed by atoms with van der Waals surface area (Å²) in [5.74, 6) is 0.309. The number of fused-ring (bicyclic) bond motifs is 3. The molecule has 2 N–H and O–H groups in total. The zero-order chi connectivity index (χ0) is 14.9. The first-order valence-corrected chi connectivity index (χ1v) is 8.04. The van der Waals surface area contributed by atoms with Crippen molar-refractivity contribution in [2.75, 3.05) is 18.4 Å². The van der Waals surface area contributed by atoms with E-state index in [9.17, 15) is 4.79 Å². The van der Waals surface area contributed by atoms with Gasteiger partial charge < -0.3 is 10.6 Å². The van der Waals surface area contributed by atoms with Crippen molar-refractivity contribution in [3.8, 4) is 11.1 Å². The van der Waals surface area contributed by atoms with Crippen molar-refractivity contribution in [1.82, 2.24) is 5.32 Å². The molecule has 0 unspecified atom stereocenters. The smallest absolute Gasteiger partial charge is 0.227 e. The Hall–Kier alpha value is -1.84. The van der Waals surface area contributed by atoms with E-state index in [1.165, 1.54) is 22.3 Å². The number of carbonyl (C=O) groups excluding carboxylic acids is 1. The molecule has 1 saturated heterocycles. The summed E-state index contributed by atoms with van der Waals surface area (Å²) in [6.07, 6.45) is 2.83. The minimum atomic E-state index is 0. The van der Waals surface area contributed by atoms with Gasteiger partial charge in [0.1, 0.15) is 0 Å². The van der Waals surface area contributed by atoms with Crippen molar-refractivity contribution < 1.29 is 4.79 Å². The van der Waals surface area contributed by atoms with E-state index in [4.69, 9.17) is 0 Å². The van der Waals surface area contributed by atoms with Crippen LogP contribution in [0.5, 0.6) is 0 Å². The fraction of sp³-hybridized carbons (Fsp3) is 0.316. The van der Waals surface area contributed by atoms with E-state index in [0.717, 1.165) is 38.0 Å². The predicted octanol–water partition coefficient (Wildman–Crippen LogP) is 3.62. The van der Waals surface area contributed by atoms with Crippen molar-refractivity contribution in [3.05, 3.63) is 53.6 Å². The van der Waals surface area contributed by atoms with Gasteiger partial charge in [0.2, 0.25) is 5.91 Å². The van der Waals surface area contributed by atoms with Gasteiger partial charge in [0.05, 0.1) is 0 Å². The van der Waals surface area contributed by atoms with Crippen LogP contribution in [0.2, 0.25) is 0 Å². The van der Waals surface area contributed by atoms with Crippen molar-refractivity contribution in [3.63, 3.8) is 0 Å². The highest BCUT2D eigenvalue weighted by Gasteiger charge is 2.22. The average molecular weight is 329 g/mol. The van der Waals surface area contributed by atoms with Gasteiger partial charge in [-0.2, -0.15) is 0 Å². The van der Waals surface area contributed by atoms with Gasteiger partial charge in [-0.15, -0.1) is 12.4 Å². The van der Waals surface area contributed by atoms with Gasteiger partial charge in [0, 0.05) is 11.6 Å². The highest BCUT2D eigenvalue weighted by atomic mass is 35.5. The summed E-state index contributed by atoms with van der Waals surface area (Å²) < 4.78 is 0. The Morgan fingerprint density at radius 2 is 1.74 bits per heavy atom. The molecule has 3 nitrogen and oxygen atoms in total. The van der Waals surface area contributed by atoms with E-state index in [-0.39, 0.29) is 24.2 Å². The monoisotopic (exact) mass is 328 g/mol. The van der Waals surface area contributed by atoms with Crippen LogP contribution in [0.15, 0.2) is 42.5 Å². The van der Waals surface area contributed by atoms with Crippen molar-refractivity contribution in [2.24, 2.45) is 5.92 Å². The van der Waals surface area contributed by atoms with E-state index in [1.807, 2.05) is 6.07 Å². The van der Waals surface area contributed by atoms with Crippen LogP contribution in [0.25, 0.3) is 11.1 Å². The summed E-state index contributed by atoms with van der Waals surface area (Å²) in [4.78, 5) is 12.3. The van der Waals surface area contributed by atoms with Gasteiger partial charge >= 0.3 is 0 Å². The van der Waals surface area contributed by atoms with Crippen LogP contribution in [0.3, 0.4) is 0 Å². The maximum atomic E-state index is 12.3. The third kappa shape index (κ3) is 3.12. The summed E-state index contributed by atoms with van der Waals surface area (Å²) >= 11 is 0. The van der Waals surface area contributed by atoms with E-state index in [2.05, 4.69) is 47.0 Å². The van der Waals surface area contributed by atoms with Crippen molar-refractivity contribution >= 4 is 24.0 Å². The quantitative estimate of drug-likeness (QED) is 0.754. The lowest BCUT2D eigenvalue weighted by Gasteiger charge is -2.21. The molecule has 1 fully saturated rings. The molecule has 1 heterocycles. The zero-order valence-electron chi connectivity index (χ0n) is 13.0. The van der Waals surface area contributed by atoms with Crippen LogP contribution >= 0.6 is 12.4 Å². The lowest BCUT2D eigenvalue weighted by atomic mass is 9.97. The second-order valence-corrected chi connectivity index (χ2v) is 6.22. The summed E-state index contributed by atoms with van der Waals surface area (Å²) in [5, 5.41) is 6.40. The number of carbonyl (C=O) groups is 1. The van der Waals surface area contributed by atoms with E-state index in [0.29, 0.717) is 0 Å². The molecule has 4 rings (SSSR count). The largest absolute Gasteiger partial charge is 0.326 e. The Kier molecular flexibility index (Phi) is 4.69. The minimum Gasteiger partial charge on any atom is -0.326 e. The summed E-state index contributed by atoms with van der Waals surface area (Å²) in [6.45, 7) is 1.88. The number of benzene rings is 2. The molecule has 4 heteroatoms. The molecule has 0 aromatic heterocycles. The number of nitrogens with one attached hydrogen (secondary N) is 2. The molecule has 23 heavy (non-hydrogen) atoms. The van der Waals surface area contributed by atoms with E-state index in [1.54, 1.807) is 0 Å². The number of halogens is 1. The number of anilines is 1. The lowest BCUT2D eigenvalue weighted by Crippen LogP contribution is -2.34. The third-order valence-electron chi connectivity index (χ3n) is 4.77. The second kappa shape index (κ2) is 6.73. The molecule has 2 aliphatic rings. The third-order valence-corrected chi connectivity index (χ3v) is 4.77. The van der Waals surface area contributed by atoms with Gasteiger partial charge in [-0.1, -0.05) is 30.3 Å². The van der Waals surface area contributed by atoms with E-state index < -0.39 is 0 Å². The molecule has 0 radical (unpaired) electrons. The molecule has 1 amide bonds. The van der Waals surface area contributed by atoms with Crippen LogP contribution in [0.1, 0.15) is 24.0 Å². The summed E-state index contributed by atoms with van der Waals surface area (Å²) in [6, 6.07) is 14.8. The fourth-order valence-corrected chi connectivity index (χ4v) is 3.55. The Balaban J connectivity index is 0.00000156. The molecule has 0 bridgehead atoms. The standard InChI is InChI=1S/C19H20N2O.ClH/c22-19(13-7-9-20-10-8-13)21-16-5-6-18-15(12-16)11-14-3-1-2-4-17(14)18;/h1-6,12-13,20H,7-11H2,(H,21,22);1H. The Labute approximate surface area is 142 Å². The molecular weight excluding hydrogens is 308 g/mol. The lowest BCUT2D eigenvalue weighted by molar-refractivity contribution is -0.120. The molecule has 2 aromatic rings. The van der Waals surface area contributed by atoms with Crippen LogP contribution < -0.4 is 10.6 Å². The van der Waals surface area contributed by atoms with Crippen molar-refractivity contribution in [1.29, 1.82) is 0 Å².